The van der Waals surface area contributed by atoms with Crippen molar-refractivity contribution in [3.63, 3.8) is 0 Å². The first-order chi connectivity index (χ1) is 6.50. The van der Waals surface area contributed by atoms with Crippen LogP contribution in [0.5, 0.6) is 0 Å². The Kier molecular flexibility index (Phi) is 3.72. The Morgan fingerprint density at radius 1 is 1.21 bits per heavy atom. The zero-order chi connectivity index (χ0) is 10.6. The highest BCUT2D eigenvalue weighted by Gasteiger charge is 2.25. The summed E-state index contributed by atoms with van der Waals surface area (Å²) in [6.07, 6.45) is 1.65. The normalized spacial score (nSPS) is 14.6. The minimum atomic E-state index is -1.17. The molecule has 1 rings (SSSR count). The van der Waals surface area contributed by atoms with E-state index in [4.69, 9.17) is 0 Å². The monoisotopic (exact) mass is 209 g/mol. The van der Waals surface area contributed by atoms with E-state index in [0.29, 0.717) is 0 Å². The van der Waals surface area contributed by atoms with Gasteiger partial charge in [-0.2, -0.15) is 0 Å². The van der Waals surface area contributed by atoms with E-state index >= 15 is 0 Å². The molecule has 0 heterocycles. The second kappa shape index (κ2) is 4.62. The predicted molar refractivity (Wildman–Crippen MR) is 61.9 cm³/mol. The van der Waals surface area contributed by atoms with Crippen molar-refractivity contribution in [3.8, 4) is 0 Å². The molecular formula is C11H15NOS. The smallest absolute Gasteiger partial charge is 0.144 e. The van der Waals surface area contributed by atoms with Gasteiger partial charge in [-0.25, -0.2) is 0 Å². The largest absolute Gasteiger partial charge is 0.591 e. The maximum absolute atomic E-state index is 11.6. The average Bonchev–Trinajstić information content (AvgIpc) is 2.14. The number of hydrogen-bond donors (Lipinski definition) is 0. The molecule has 76 valence electrons. The Hall–Kier alpha value is -0.800. The molecule has 1 unspecified atom stereocenters. The summed E-state index contributed by atoms with van der Waals surface area (Å²) in [6, 6.07) is 9.67. The maximum Gasteiger partial charge on any atom is 0.144 e. The van der Waals surface area contributed by atoms with Crippen LogP contribution in [-0.4, -0.2) is 15.5 Å². The van der Waals surface area contributed by atoms with Gasteiger partial charge < -0.3 is 4.55 Å². The summed E-state index contributed by atoms with van der Waals surface area (Å²) in [5.74, 6) is 0. The molecule has 0 aliphatic carbocycles. The Labute approximate surface area is 88.4 Å². The average molecular weight is 209 g/mol. The first kappa shape index (κ1) is 11.3. The van der Waals surface area contributed by atoms with E-state index in [0.717, 1.165) is 5.56 Å². The molecule has 0 aromatic heterocycles. The zero-order valence-electron chi connectivity index (χ0n) is 8.73. The van der Waals surface area contributed by atoms with Gasteiger partial charge in [-0.05, 0) is 26.3 Å². The van der Waals surface area contributed by atoms with Crippen LogP contribution in [0.3, 0.4) is 0 Å². The third kappa shape index (κ3) is 3.52. The van der Waals surface area contributed by atoms with Crippen LogP contribution < -0.4 is 0 Å². The highest BCUT2D eigenvalue weighted by Crippen LogP contribution is 2.16. The summed E-state index contributed by atoms with van der Waals surface area (Å²) in [7, 11) is 0. The van der Waals surface area contributed by atoms with Gasteiger partial charge in [0.05, 0.1) is 6.21 Å². The summed E-state index contributed by atoms with van der Waals surface area (Å²) in [5.41, 5.74) is 0.977. The van der Waals surface area contributed by atoms with Gasteiger partial charge in [-0.1, -0.05) is 34.7 Å². The fourth-order valence-electron chi connectivity index (χ4n) is 0.806. The summed E-state index contributed by atoms with van der Waals surface area (Å²) in [6.45, 7) is 5.72. The van der Waals surface area contributed by atoms with Crippen LogP contribution in [0.15, 0.2) is 34.7 Å². The van der Waals surface area contributed by atoms with Crippen LogP contribution in [0.25, 0.3) is 0 Å². The van der Waals surface area contributed by atoms with Gasteiger partial charge in [0.2, 0.25) is 0 Å². The van der Waals surface area contributed by atoms with Gasteiger partial charge in [0.15, 0.2) is 0 Å². The Morgan fingerprint density at radius 2 is 1.79 bits per heavy atom. The minimum absolute atomic E-state index is 0.286. The molecule has 1 aromatic carbocycles. The first-order valence-corrected chi connectivity index (χ1v) is 5.62. The maximum atomic E-state index is 11.6. The molecule has 0 radical (unpaired) electrons. The molecule has 0 saturated carbocycles. The predicted octanol–water partition coefficient (Wildman–Crippen LogP) is 2.57. The minimum Gasteiger partial charge on any atom is -0.591 e. The van der Waals surface area contributed by atoms with Crippen molar-refractivity contribution in [2.24, 2.45) is 4.40 Å². The van der Waals surface area contributed by atoms with Gasteiger partial charge in [-0.3, -0.25) is 0 Å². The number of rotatable bonds is 2. The van der Waals surface area contributed by atoms with Gasteiger partial charge in [-0.15, -0.1) is 0 Å². The Balaban J connectivity index is 2.66. The highest BCUT2D eigenvalue weighted by molar-refractivity contribution is 7.91. The fourth-order valence-corrected chi connectivity index (χ4v) is 1.34. The van der Waals surface area contributed by atoms with E-state index in [-0.39, 0.29) is 4.75 Å². The van der Waals surface area contributed by atoms with E-state index < -0.39 is 11.4 Å². The third-order valence-corrected chi connectivity index (χ3v) is 2.97. The number of nitrogens with zero attached hydrogens (tertiary/aromatic N) is 1. The summed E-state index contributed by atoms with van der Waals surface area (Å²) < 4.78 is 15.3. The van der Waals surface area contributed by atoms with E-state index in [9.17, 15) is 4.55 Å². The molecule has 1 atom stereocenters. The molecule has 0 saturated heterocycles. The summed E-state index contributed by atoms with van der Waals surface area (Å²) in [5, 5.41) is 0. The number of benzene rings is 1. The first-order valence-electron chi connectivity index (χ1n) is 4.51. The van der Waals surface area contributed by atoms with Gasteiger partial charge in [0.1, 0.15) is 16.1 Å². The van der Waals surface area contributed by atoms with Crippen LogP contribution in [0, 0.1) is 0 Å². The topological polar surface area (TPSA) is 35.4 Å². The van der Waals surface area contributed by atoms with Crippen molar-refractivity contribution in [2.45, 2.75) is 25.5 Å². The highest BCUT2D eigenvalue weighted by atomic mass is 32.2. The van der Waals surface area contributed by atoms with Crippen molar-refractivity contribution >= 4 is 17.6 Å². The molecule has 0 aliphatic rings. The zero-order valence-corrected chi connectivity index (χ0v) is 9.54. The quantitative estimate of drug-likeness (QED) is 0.544. The molecule has 0 spiro atoms. The lowest BCUT2D eigenvalue weighted by molar-refractivity contribution is 0.562. The fraction of sp³-hybridized carbons (Fsp3) is 0.364. The van der Waals surface area contributed by atoms with Crippen molar-refractivity contribution in [3.05, 3.63) is 35.9 Å². The Bertz CT molecular complexity index is 303. The second-order valence-electron chi connectivity index (χ2n) is 4.01. The lowest BCUT2D eigenvalue weighted by Gasteiger charge is -2.17. The van der Waals surface area contributed by atoms with Crippen LogP contribution in [0.2, 0.25) is 0 Å². The van der Waals surface area contributed by atoms with Crippen LogP contribution >= 0.6 is 0 Å². The van der Waals surface area contributed by atoms with Crippen LogP contribution in [-0.2, 0) is 11.4 Å². The second-order valence-corrected chi connectivity index (χ2v) is 5.94. The lowest BCUT2D eigenvalue weighted by Crippen LogP contribution is -2.25. The molecule has 14 heavy (non-hydrogen) atoms. The third-order valence-electron chi connectivity index (χ3n) is 1.62. The molecule has 2 nitrogen and oxygen atoms in total. The van der Waals surface area contributed by atoms with Crippen LogP contribution in [0.1, 0.15) is 26.3 Å². The molecule has 3 heteroatoms. The van der Waals surface area contributed by atoms with E-state index in [1.54, 1.807) is 6.21 Å². The molecule has 0 aliphatic heterocycles. The summed E-state index contributed by atoms with van der Waals surface area (Å²) in [4.78, 5) is 0. The Morgan fingerprint density at radius 3 is 2.29 bits per heavy atom. The molecule has 0 amide bonds. The van der Waals surface area contributed by atoms with E-state index in [1.807, 2.05) is 51.1 Å². The molecule has 1 aromatic rings. The van der Waals surface area contributed by atoms with Gasteiger partial charge >= 0.3 is 0 Å². The molecule has 0 bridgehead atoms. The van der Waals surface area contributed by atoms with Crippen molar-refractivity contribution in [1.82, 2.24) is 0 Å². The van der Waals surface area contributed by atoms with Crippen molar-refractivity contribution in [2.75, 3.05) is 0 Å². The SMILES string of the molecule is CC(C)(C)[S+]([O-])/N=C/c1ccccc1. The van der Waals surface area contributed by atoms with Crippen LogP contribution in [0.4, 0.5) is 0 Å². The number of hydrogen-bond acceptors (Lipinski definition) is 2. The van der Waals surface area contributed by atoms with E-state index in [1.165, 1.54) is 0 Å². The van der Waals surface area contributed by atoms with Gasteiger partial charge in [0.25, 0.3) is 0 Å². The van der Waals surface area contributed by atoms with Crippen molar-refractivity contribution < 1.29 is 4.55 Å². The van der Waals surface area contributed by atoms with E-state index in [2.05, 4.69) is 4.40 Å². The van der Waals surface area contributed by atoms with Gasteiger partial charge in [0, 0.05) is 0 Å². The lowest BCUT2D eigenvalue weighted by atomic mass is 10.2. The standard InChI is InChI=1S/C11H15NOS/c1-11(2,3)14(13)12-9-10-7-5-4-6-8-10/h4-9H,1-3H3/b12-9+. The van der Waals surface area contributed by atoms with Crippen molar-refractivity contribution in [1.29, 1.82) is 0 Å². The molecule has 0 N–H and O–H groups in total. The molecule has 0 fully saturated rings. The summed E-state index contributed by atoms with van der Waals surface area (Å²) >= 11 is -1.17. The molecular weight excluding hydrogens is 194 g/mol.